The van der Waals surface area contributed by atoms with Crippen LogP contribution in [0.2, 0.25) is 0 Å². The van der Waals surface area contributed by atoms with Gasteiger partial charge in [0.25, 0.3) is 0 Å². The number of azide groups is 1. The molecule has 2 aromatic rings. The maximum Gasteiger partial charge on any atom is 0.416 e. The van der Waals surface area contributed by atoms with Crippen molar-refractivity contribution >= 4 is 12.0 Å². The minimum atomic E-state index is -4.47. The summed E-state index contributed by atoms with van der Waals surface area (Å²) in [5.41, 5.74) is 7.58. The van der Waals surface area contributed by atoms with Crippen LogP contribution in [0.3, 0.4) is 0 Å². The lowest BCUT2D eigenvalue weighted by atomic mass is 10.1. The van der Waals surface area contributed by atoms with E-state index in [-0.39, 0.29) is 29.4 Å². The summed E-state index contributed by atoms with van der Waals surface area (Å²) in [4.78, 5) is 14.2. The van der Waals surface area contributed by atoms with Crippen molar-refractivity contribution in [3.05, 3.63) is 63.9 Å². The molecule has 0 unspecified atom stereocenters. The van der Waals surface area contributed by atoms with Crippen molar-refractivity contribution in [1.82, 2.24) is 0 Å². The first-order chi connectivity index (χ1) is 11.8. The van der Waals surface area contributed by atoms with E-state index in [1.807, 2.05) is 0 Å². The molecule has 0 saturated heterocycles. The fourth-order valence-electron chi connectivity index (χ4n) is 1.95. The summed E-state index contributed by atoms with van der Waals surface area (Å²) in [5.74, 6) is -0.540. The van der Waals surface area contributed by atoms with E-state index in [9.17, 15) is 18.0 Å². The third-order valence-corrected chi connectivity index (χ3v) is 3.02. The highest BCUT2D eigenvalue weighted by molar-refractivity contribution is 5.92. The SMILES string of the molecule is CCOC(=O)C(=Cc1ccc(-c2cccc(C(F)(F)F)c2)o1)N=[N+]=[N-]. The molecule has 25 heavy (non-hydrogen) atoms. The van der Waals surface area contributed by atoms with Crippen molar-refractivity contribution in [3.8, 4) is 11.3 Å². The second kappa shape index (κ2) is 7.59. The molecule has 1 aromatic heterocycles. The lowest BCUT2D eigenvalue weighted by Crippen LogP contribution is -2.05. The van der Waals surface area contributed by atoms with Crippen molar-refractivity contribution in [2.75, 3.05) is 6.61 Å². The van der Waals surface area contributed by atoms with Gasteiger partial charge in [-0.3, -0.25) is 0 Å². The molecule has 0 N–H and O–H groups in total. The predicted octanol–water partition coefficient (Wildman–Crippen LogP) is 5.18. The Labute approximate surface area is 140 Å². The number of halogens is 3. The molecule has 9 heteroatoms. The van der Waals surface area contributed by atoms with Gasteiger partial charge in [-0.1, -0.05) is 17.2 Å². The first-order valence-electron chi connectivity index (χ1n) is 7.06. The zero-order valence-corrected chi connectivity index (χ0v) is 12.9. The van der Waals surface area contributed by atoms with Crippen LogP contribution in [0.1, 0.15) is 18.2 Å². The summed E-state index contributed by atoms with van der Waals surface area (Å²) in [6, 6.07) is 7.50. The highest BCUT2D eigenvalue weighted by atomic mass is 19.4. The number of ether oxygens (including phenoxy) is 1. The molecule has 1 heterocycles. The van der Waals surface area contributed by atoms with Gasteiger partial charge in [0.2, 0.25) is 0 Å². The summed E-state index contributed by atoms with van der Waals surface area (Å²) in [6.07, 6.45) is -3.32. The number of furan rings is 1. The van der Waals surface area contributed by atoms with Crippen LogP contribution in [0.15, 0.2) is 51.6 Å². The number of rotatable bonds is 5. The standard InChI is InChI=1S/C16H12F3N3O3/c1-2-24-15(23)13(21-22-20)9-12-6-7-14(25-12)10-4-3-5-11(8-10)16(17,18)19/h3-9H,2H2,1H3. The number of benzene rings is 1. The quantitative estimate of drug-likeness (QED) is 0.244. The Kier molecular flexibility index (Phi) is 5.51. The van der Waals surface area contributed by atoms with Gasteiger partial charge in [0.15, 0.2) is 0 Å². The predicted molar refractivity (Wildman–Crippen MR) is 82.9 cm³/mol. The van der Waals surface area contributed by atoms with Gasteiger partial charge in [-0.05, 0) is 42.8 Å². The first-order valence-corrected chi connectivity index (χ1v) is 7.06. The van der Waals surface area contributed by atoms with Crippen LogP contribution in [0.5, 0.6) is 0 Å². The van der Waals surface area contributed by atoms with Crippen molar-refractivity contribution < 1.29 is 27.1 Å². The Morgan fingerprint density at radius 1 is 1.36 bits per heavy atom. The molecule has 0 fully saturated rings. The lowest BCUT2D eigenvalue weighted by molar-refractivity contribution is -0.139. The second-order valence-corrected chi connectivity index (χ2v) is 4.72. The maximum absolute atomic E-state index is 12.8. The minimum Gasteiger partial charge on any atom is -0.462 e. The minimum absolute atomic E-state index is 0.0881. The molecule has 0 aliphatic carbocycles. The van der Waals surface area contributed by atoms with Crippen LogP contribution in [0, 0.1) is 0 Å². The van der Waals surface area contributed by atoms with Crippen molar-refractivity contribution in [2.45, 2.75) is 13.1 Å². The van der Waals surface area contributed by atoms with E-state index in [2.05, 4.69) is 10.0 Å². The molecule has 2 rings (SSSR count). The monoisotopic (exact) mass is 351 g/mol. The summed E-state index contributed by atoms with van der Waals surface area (Å²) in [7, 11) is 0. The average molecular weight is 351 g/mol. The number of nitrogens with zero attached hydrogens (tertiary/aromatic N) is 3. The second-order valence-electron chi connectivity index (χ2n) is 4.72. The van der Waals surface area contributed by atoms with E-state index < -0.39 is 17.7 Å². The summed E-state index contributed by atoms with van der Waals surface area (Å²) in [6.45, 7) is 1.68. The number of carbonyl (C=O) groups excluding carboxylic acids is 1. The molecule has 0 atom stereocenters. The molecule has 130 valence electrons. The van der Waals surface area contributed by atoms with E-state index in [1.54, 1.807) is 6.92 Å². The third kappa shape index (κ3) is 4.65. The molecular weight excluding hydrogens is 339 g/mol. The number of hydrogen-bond acceptors (Lipinski definition) is 4. The van der Waals surface area contributed by atoms with Crippen molar-refractivity contribution in [2.24, 2.45) is 5.11 Å². The van der Waals surface area contributed by atoms with Crippen molar-refractivity contribution in [3.63, 3.8) is 0 Å². The molecule has 0 amide bonds. The normalized spacial score (nSPS) is 11.8. The fourth-order valence-corrected chi connectivity index (χ4v) is 1.95. The average Bonchev–Trinajstić information content (AvgIpc) is 3.03. The number of carbonyl (C=O) groups is 1. The highest BCUT2D eigenvalue weighted by Crippen LogP contribution is 2.32. The zero-order chi connectivity index (χ0) is 18.4. The van der Waals surface area contributed by atoms with E-state index in [0.717, 1.165) is 18.2 Å². The van der Waals surface area contributed by atoms with Crippen LogP contribution < -0.4 is 0 Å². The Morgan fingerprint density at radius 2 is 2.12 bits per heavy atom. The third-order valence-electron chi connectivity index (χ3n) is 3.02. The lowest BCUT2D eigenvalue weighted by Gasteiger charge is -2.07. The van der Waals surface area contributed by atoms with Gasteiger partial charge in [-0.25, -0.2) is 4.79 Å². The largest absolute Gasteiger partial charge is 0.462 e. The summed E-state index contributed by atoms with van der Waals surface area (Å²) < 4.78 is 48.4. The van der Waals surface area contributed by atoms with Crippen LogP contribution in [-0.4, -0.2) is 12.6 Å². The molecule has 0 aliphatic heterocycles. The van der Waals surface area contributed by atoms with Gasteiger partial charge in [-0.2, -0.15) is 13.2 Å². The number of esters is 1. The van der Waals surface area contributed by atoms with Crippen molar-refractivity contribution in [1.29, 1.82) is 0 Å². The van der Waals surface area contributed by atoms with E-state index in [1.165, 1.54) is 24.3 Å². The number of hydrogen-bond donors (Lipinski definition) is 0. The van der Waals surface area contributed by atoms with Gasteiger partial charge in [0.05, 0.1) is 12.2 Å². The Hall–Kier alpha value is -3.19. The van der Waals surface area contributed by atoms with E-state index >= 15 is 0 Å². The molecule has 1 aromatic carbocycles. The molecule has 0 saturated carbocycles. The molecular formula is C16H12F3N3O3. The van der Waals surface area contributed by atoms with Crippen LogP contribution in [0.25, 0.3) is 27.8 Å². The van der Waals surface area contributed by atoms with Crippen LogP contribution in [0.4, 0.5) is 13.2 Å². The fraction of sp³-hybridized carbons (Fsp3) is 0.188. The van der Waals surface area contributed by atoms with Crippen LogP contribution in [-0.2, 0) is 15.7 Å². The van der Waals surface area contributed by atoms with E-state index in [0.29, 0.717) is 0 Å². The van der Waals surface area contributed by atoms with Gasteiger partial charge in [-0.15, -0.1) is 0 Å². The Bertz CT molecular complexity index is 850. The molecule has 0 radical (unpaired) electrons. The van der Waals surface area contributed by atoms with Gasteiger partial charge in [0, 0.05) is 10.5 Å². The van der Waals surface area contributed by atoms with Crippen LogP contribution >= 0.6 is 0 Å². The maximum atomic E-state index is 12.8. The van der Waals surface area contributed by atoms with Gasteiger partial charge < -0.3 is 9.15 Å². The smallest absolute Gasteiger partial charge is 0.416 e. The number of alkyl halides is 3. The molecule has 6 nitrogen and oxygen atoms in total. The molecule has 0 aliphatic rings. The molecule has 0 spiro atoms. The Balaban J connectivity index is 2.35. The highest BCUT2D eigenvalue weighted by Gasteiger charge is 2.30. The van der Waals surface area contributed by atoms with Gasteiger partial charge in [0.1, 0.15) is 17.2 Å². The Morgan fingerprint density at radius 3 is 2.76 bits per heavy atom. The summed E-state index contributed by atoms with van der Waals surface area (Å²) in [5, 5.41) is 3.22. The molecule has 0 bridgehead atoms. The zero-order valence-electron chi connectivity index (χ0n) is 12.9. The topological polar surface area (TPSA) is 88.2 Å². The van der Waals surface area contributed by atoms with E-state index in [4.69, 9.17) is 14.7 Å². The van der Waals surface area contributed by atoms with Gasteiger partial charge >= 0.3 is 12.1 Å². The first kappa shape index (κ1) is 18.2. The summed E-state index contributed by atoms with van der Waals surface area (Å²) >= 11 is 0.